The molecular formula is C18H17FN4O2S. The molecule has 2 amide bonds. The maximum absolute atomic E-state index is 14.0. The summed E-state index contributed by atoms with van der Waals surface area (Å²) in [4.78, 5) is 30.8. The van der Waals surface area contributed by atoms with Gasteiger partial charge >= 0.3 is 0 Å². The summed E-state index contributed by atoms with van der Waals surface area (Å²) < 4.78 is 14.0. The van der Waals surface area contributed by atoms with Gasteiger partial charge in [0.1, 0.15) is 12.4 Å². The number of nitrogens with zero attached hydrogens (tertiary/aromatic N) is 4. The summed E-state index contributed by atoms with van der Waals surface area (Å²) in [6.45, 7) is 3.54. The molecule has 0 saturated heterocycles. The van der Waals surface area contributed by atoms with Crippen LogP contribution in [0.3, 0.4) is 0 Å². The summed E-state index contributed by atoms with van der Waals surface area (Å²) in [5, 5.41) is 10.7. The molecule has 0 radical (unpaired) electrons. The minimum atomic E-state index is -0.528. The van der Waals surface area contributed by atoms with E-state index in [0.29, 0.717) is 17.4 Å². The molecule has 1 aromatic heterocycles. The number of benzene rings is 1. The van der Waals surface area contributed by atoms with Crippen molar-refractivity contribution in [3.05, 3.63) is 47.2 Å². The summed E-state index contributed by atoms with van der Waals surface area (Å²) in [6.07, 6.45) is 2.82. The third kappa shape index (κ3) is 4.52. The van der Waals surface area contributed by atoms with Gasteiger partial charge < -0.3 is 4.90 Å². The van der Waals surface area contributed by atoms with E-state index in [9.17, 15) is 14.0 Å². The van der Waals surface area contributed by atoms with Crippen molar-refractivity contribution in [2.24, 2.45) is 0 Å². The van der Waals surface area contributed by atoms with Gasteiger partial charge in [-0.1, -0.05) is 12.1 Å². The Morgan fingerprint density at radius 2 is 2.12 bits per heavy atom. The Morgan fingerprint density at radius 1 is 1.38 bits per heavy atom. The summed E-state index contributed by atoms with van der Waals surface area (Å²) in [6, 6.07) is 7.88. The van der Waals surface area contributed by atoms with E-state index in [1.54, 1.807) is 24.4 Å². The first-order valence-electron chi connectivity index (χ1n) is 7.82. The summed E-state index contributed by atoms with van der Waals surface area (Å²) >= 11 is 1.16. The van der Waals surface area contributed by atoms with Crippen molar-refractivity contribution in [3.8, 4) is 6.07 Å². The number of aromatic nitrogens is 1. The van der Waals surface area contributed by atoms with Crippen molar-refractivity contribution in [2.45, 2.75) is 13.8 Å². The molecule has 0 N–H and O–H groups in total. The van der Waals surface area contributed by atoms with Crippen LogP contribution in [0.25, 0.3) is 6.08 Å². The summed E-state index contributed by atoms with van der Waals surface area (Å²) in [5.41, 5.74) is 0.584. The number of carbonyl (C=O) groups excluding carboxylic acids is 2. The molecule has 1 heterocycles. The third-order valence-electron chi connectivity index (χ3n) is 3.46. The van der Waals surface area contributed by atoms with Crippen molar-refractivity contribution in [1.82, 2.24) is 9.88 Å². The predicted octanol–water partition coefficient (Wildman–Crippen LogP) is 3.35. The highest BCUT2D eigenvalue weighted by molar-refractivity contribution is 7.14. The van der Waals surface area contributed by atoms with Crippen LogP contribution in [0.5, 0.6) is 0 Å². The Morgan fingerprint density at radius 3 is 2.73 bits per heavy atom. The van der Waals surface area contributed by atoms with E-state index in [1.807, 2.05) is 6.07 Å². The van der Waals surface area contributed by atoms with Crippen LogP contribution >= 0.6 is 11.3 Å². The van der Waals surface area contributed by atoms with Crippen molar-refractivity contribution >= 4 is 40.0 Å². The van der Waals surface area contributed by atoms with E-state index in [1.165, 1.54) is 41.0 Å². The number of carbonyl (C=O) groups is 2. The number of amides is 2. The Kier molecular flexibility index (Phi) is 6.58. The third-order valence-corrected chi connectivity index (χ3v) is 4.31. The number of likely N-dealkylation sites (N-methyl/N-ethyl adjacent to an activating group) is 1. The fraction of sp³-hybridized carbons (Fsp3) is 0.222. The average molecular weight is 372 g/mol. The van der Waals surface area contributed by atoms with Gasteiger partial charge in [0.25, 0.3) is 0 Å². The zero-order chi connectivity index (χ0) is 19.1. The lowest BCUT2D eigenvalue weighted by atomic mass is 10.3. The van der Waals surface area contributed by atoms with Gasteiger partial charge in [-0.2, -0.15) is 5.26 Å². The van der Waals surface area contributed by atoms with Crippen molar-refractivity contribution in [3.63, 3.8) is 0 Å². The fourth-order valence-electron chi connectivity index (χ4n) is 2.19. The highest BCUT2D eigenvalue weighted by Gasteiger charge is 2.20. The standard InChI is InChI=1S/C18H17FN4O2S/c1-3-22(11-10-20)17(25)9-8-14-12-26-18(21-14)23(13(2)24)16-7-5-4-6-15(16)19/h4-9,12H,3,11H2,1-2H3. The molecule has 0 bridgehead atoms. The van der Waals surface area contributed by atoms with E-state index < -0.39 is 5.82 Å². The molecule has 0 spiro atoms. The lowest BCUT2D eigenvalue weighted by molar-refractivity contribution is -0.125. The van der Waals surface area contributed by atoms with Crippen LogP contribution < -0.4 is 4.90 Å². The zero-order valence-corrected chi connectivity index (χ0v) is 15.2. The van der Waals surface area contributed by atoms with Crippen molar-refractivity contribution in [1.29, 1.82) is 5.26 Å². The molecule has 134 valence electrons. The monoisotopic (exact) mass is 372 g/mol. The van der Waals surface area contributed by atoms with Gasteiger partial charge in [0.05, 0.1) is 17.5 Å². The number of hydrogen-bond donors (Lipinski definition) is 0. The Labute approximate surface area is 154 Å². The number of rotatable bonds is 6. The molecule has 2 aromatic rings. The maximum atomic E-state index is 14.0. The van der Waals surface area contributed by atoms with Crippen LogP contribution in [-0.4, -0.2) is 34.8 Å². The lowest BCUT2D eigenvalue weighted by Crippen LogP contribution is -2.29. The van der Waals surface area contributed by atoms with Crippen LogP contribution in [0.4, 0.5) is 15.2 Å². The fourth-order valence-corrected chi connectivity index (χ4v) is 3.04. The molecule has 0 unspecified atom stereocenters. The molecule has 26 heavy (non-hydrogen) atoms. The van der Waals surface area contributed by atoms with Crippen molar-refractivity contribution < 1.29 is 14.0 Å². The van der Waals surface area contributed by atoms with E-state index in [2.05, 4.69) is 4.98 Å². The number of anilines is 2. The Hall–Kier alpha value is -3.05. The van der Waals surface area contributed by atoms with Crippen LogP contribution in [0, 0.1) is 17.1 Å². The Bertz CT molecular complexity index is 872. The molecule has 0 aliphatic rings. The summed E-state index contributed by atoms with van der Waals surface area (Å²) in [5.74, 6) is -1.20. The highest BCUT2D eigenvalue weighted by Crippen LogP contribution is 2.30. The normalized spacial score (nSPS) is 10.5. The molecule has 0 saturated carbocycles. The molecule has 0 atom stereocenters. The second kappa shape index (κ2) is 8.87. The van der Waals surface area contributed by atoms with Gasteiger partial charge in [0.15, 0.2) is 5.13 Å². The minimum absolute atomic E-state index is 0.00733. The first-order valence-corrected chi connectivity index (χ1v) is 8.70. The van der Waals surface area contributed by atoms with Crippen molar-refractivity contribution in [2.75, 3.05) is 18.0 Å². The molecule has 1 aromatic carbocycles. The Balaban J connectivity index is 2.24. The number of hydrogen-bond acceptors (Lipinski definition) is 5. The van der Waals surface area contributed by atoms with Crippen LogP contribution in [0.15, 0.2) is 35.7 Å². The van der Waals surface area contributed by atoms with Gasteiger partial charge in [-0.05, 0) is 25.1 Å². The van der Waals surface area contributed by atoms with Gasteiger partial charge in [-0.15, -0.1) is 11.3 Å². The lowest BCUT2D eigenvalue weighted by Gasteiger charge is -2.18. The topological polar surface area (TPSA) is 77.3 Å². The second-order valence-corrected chi connectivity index (χ2v) is 6.04. The van der Waals surface area contributed by atoms with Gasteiger partial charge in [-0.3, -0.25) is 14.5 Å². The number of para-hydroxylation sites is 1. The first kappa shape index (κ1) is 19.3. The molecular weight excluding hydrogens is 355 g/mol. The molecule has 8 heteroatoms. The second-order valence-electron chi connectivity index (χ2n) is 5.20. The van der Waals surface area contributed by atoms with Gasteiger partial charge in [-0.25, -0.2) is 9.37 Å². The quantitative estimate of drug-likeness (QED) is 0.575. The maximum Gasteiger partial charge on any atom is 0.247 e. The minimum Gasteiger partial charge on any atom is -0.326 e. The number of halogens is 1. The van der Waals surface area contributed by atoms with E-state index in [4.69, 9.17) is 5.26 Å². The molecule has 0 aliphatic carbocycles. The van der Waals surface area contributed by atoms with Gasteiger partial charge in [0, 0.05) is 24.9 Å². The first-order chi connectivity index (χ1) is 12.5. The molecule has 0 aliphatic heterocycles. The molecule has 6 nitrogen and oxygen atoms in total. The van der Waals surface area contributed by atoms with E-state index >= 15 is 0 Å². The zero-order valence-electron chi connectivity index (χ0n) is 14.3. The predicted molar refractivity (Wildman–Crippen MR) is 98.2 cm³/mol. The van der Waals surface area contributed by atoms with E-state index in [0.717, 1.165) is 11.3 Å². The van der Waals surface area contributed by atoms with Crippen LogP contribution in [0.2, 0.25) is 0 Å². The van der Waals surface area contributed by atoms with Crippen LogP contribution in [-0.2, 0) is 9.59 Å². The largest absolute Gasteiger partial charge is 0.326 e. The van der Waals surface area contributed by atoms with Crippen LogP contribution in [0.1, 0.15) is 19.5 Å². The average Bonchev–Trinajstić information content (AvgIpc) is 3.07. The molecule has 2 rings (SSSR count). The number of thiazole rings is 1. The SMILES string of the molecule is CCN(CC#N)C(=O)C=Cc1csc(N(C(C)=O)c2ccccc2F)n1. The van der Waals surface area contributed by atoms with Gasteiger partial charge in [0.2, 0.25) is 11.8 Å². The highest BCUT2D eigenvalue weighted by atomic mass is 32.1. The van der Waals surface area contributed by atoms with E-state index in [-0.39, 0.29) is 24.0 Å². The smallest absolute Gasteiger partial charge is 0.247 e. The molecule has 0 fully saturated rings. The number of nitriles is 1. The summed E-state index contributed by atoms with van der Waals surface area (Å²) in [7, 11) is 0.